The van der Waals surface area contributed by atoms with E-state index < -0.39 is 11.7 Å². The van der Waals surface area contributed by atoms with Gasteiger partial charge in [0.15, 0.2) is 0 Å². The summed E-state index contributed by atoms with van der Waals surface area (Å²) >= 11 is 8.93. The van der Waals surface area contributed by atoms with Crippen LogP contribution in [0.5, 0.6) is 0 Å². The Morgan fingerprint density at radius 3 is 2.48 bits per heavy atom. The second-order valence-corrected chi connectivity index (χ2v) is 5.89. The van der Waals surface area contributed by atoms with E-state index in [2.05, 4.69) is 21.2 Å². The molecule has 0 atom stereocenters. The highest BCUT2D eigenvalue weighted by Gasteiger charge is 2.33. The second-order valence-electron chi connectivity index (χ2n) is 4.63. The molecule has 2 rings (SSSR count). The van der Waals surface area contributed by atoms with Crippen molar-refractivity contribution in [3.63, 3.8) is 0 Å². The molecule has 2 aromatic rings. The molecule has 2 aromatic carbocycles. The van der Waals surface area contributed by atoms with E-state index in [-0.39, 0.29) is 4.47 Å². The van der Waals surface area contributed by atoms with Crippen molar-refractivity contribution >= 4 is 33.2 Å². The predicted molar refractivity (Wildman–Crippen MR) is 82.7 cm³/mol. The molecule has 0 saturated heterocycles. The number of hydrogen-bond acceptors (Lipinski definition) is 1. The Hall–Kier alpha value is -1.20. The number of nitrogens with one attached hydrogen (secondary N) is 1. The maximum Gasteiger partial charge on any atom is 0.417 e. The van der Waals surface area contributed by atoms with Crippen molar-refractivity contribution in [2.24, 2.45) is 0 Å². The second kappa shape index (κ2) is 6.28. The Morgan fingerprint density at radius 1 is 1.14 bits per heavy atom. The predicted octanol–water partition coefficient (Wildman–Crippen LogP) is 6.04. The average Bonchev–Trinajstić information content (AvgIpc) is 2.40. The van der Waals surface area contributed by atoms with Crippen molar-refractivity contribution in [1.82, 2.24) is 0 Å². The number of alkyl halides is 3. The van der Waals surface area contributed by atoms with Crippen LogP contribution in [0.4, 0.5) is 18.9 Å². The van der Waals surface area contributed by atoms with Crippen molar-refractivity contribution in [1.29, 1.82) is 0 Å². The van der Waals surface area contributed by atoms with Gasteiger partial charge in [-0.1, -0.05) is 39.7 Å². The fourth-order valence-corrected chi connectivity index (χ4v) is 2.48. The van der Waals surface area contributed by atoms with E-state index in [9.17, 15) is 13.2 Å². The van der Waals surface area contributed by atoms with E-state index in [4.69, 9.17) is 11.6 Å². The molecular weight excluding hydrogens is 367 g/mol. The zero-order valence-electron chi connectivity index (χ0n) is 11.1. The lowest BCUT2D eigenvalue weighted by Crippen LogP contribution is -2.07. The lowest BCUT2D eigenvalue weighted by molar-refractivity contribution is -0.138. The summed E-state index contributed by atoms with van der Waals surface area (Å²) in [5.41, 5.74) is 1.57. The first-order chi connectivity index (χ1) is 9.77. The van der Waals surface area contributed by atoms with Crippen LogP contribution in [0.25, 0.3) is 0 Å². The van der Waals surface area contributed by atoms with Gasteiger partial charge in [0.2, 0.25) is 0 Å². The molecule has 6 heteroatoms. The Morgan fingerprint density at radius 2 is 1.86 bits per heavy atom. The van der Waals surface area contributed by atoms with Gasteiger partial charge in [-0.3, -0.25) is 0 Å². The topological polar surface area (TPSA) is 12.0 Å². The zero-order valence-corrected chi connectivity index (χ0v) is 13.4. The van der Waals surface area contributed by atoms with Gasteiger partial charge >= 0.3 is 6.18 Å². The summed E-state index contributed by atoms with van der Waals surface area (Å²) in [7, 11) is 0. The van der Waals surface area contributed by atoms with Crippen molar-refractivity contribution in [3.05, 3.63) is 62.6 Å². The van der Waals surface area contributed by atoms with Crippen LogP contribution in [0.1, 0.15) is 16.7 Å². The highest BCUT2D eigenvalue weighted by atomic mass is 79.9. The molecule has 0 heterocycles. The Kier molecular flexibility index (Phi) is 4.84. The Bertz CT molecular complexity index is 656. The van der Waals surface area contributed by atoms with Gasteiger partial charge < -0.3 is 5.32 Å². The molecule has 0 aromatic heterocycles. The van der Waals surface area contributed by atoms with E-state index >= 15 is 0 Å². The van der Waals surface area contributed by atoms with Crippen molar-refractivity contribution in [3.8, 4) is 0 Å². The molecule has 0 aliphatic carbocycles. The standard InChI is InChI=1S/C15H12BrClF3N/c1-9-2-3-10(6-14(9)17)8-21-11-4-5-13(16)12(7-11)15(18,19)20/h2-7,21H,8H2,1H3. The maximum atomic E-state index is 12.8. The van der Waals surface area contributed by atoms with Crippen LogP contribution in [0.15, 0.2) is 40.9 Å². The highest BCUT2D eigenvalue weighted by Crippen LogP contribution is 2.36. The molecule has 1 N–H and O–H groups in total. The molecule has 0 unspecified atom stereocenters. The molecule has 0 spiro atoms. The van der Waals surface area contributed by atoms with Gasteiger partial charge in [-0.15, -0.1) is 0 Å². The van der Waals surface area contributed by atoms with E-state index in [1.165, 1.54) is 6.07 Å². The molecule has 21 heavy (non-hydrogen) atoms. The van der Waals surface area contributed by atoms with E-state index in [1.807, 2.05) is 19.1 Å². The lowest BCUT2D eigenvalue weighted by atomic mass is 10.1. The van der Waals surface area contributed by atoms with Gasteiger partial charge in [0.05, 0.1) is 5.56 Å². The lowest BCUT2D eigenvalue weighted by Gasteiger charge is -2.13. The molecule has 112 valence electrons. The third-order valence-electron chi connectivity index (χ3n) is 3.00. The van der Waals surface area contributed by atoms with Gasteiger partial charge in [0, 0.05) is 21.7 Å². The fourth-order valence-electron chi connectivity index (χ4n) is 1.80. The van der Waals surface area contributed by atoms with Gasteiger partial charge in [0.1, 0.15) is 0 Å². The quantitative estimate of drug-likeness (QED) is 0.686. The molecular formula is C15H12BrClF3N. The first-order valence-electron chi connectivity index (χ1n) is 6.13. The third-order valence-corrected chi connectivity index (χ3v) is 4.10. The summed E-state index contributed by atoms with van der Waals surface area (Å²) in [5.74, 6) is 0. The summed E-state index contributed by atoms with van der Waals surface area (Å²) in [5, 5.41) is 3.61. The molecule has 0 aliphatic heterocycles. The summed E-state index contributed by atoms with van der Waals surface area (Å²) in [4.78, 5) is 0. The number of hydrogen-bond donors (Lipinski definition) is 1. The van der Waals surface area contributed by atoms with Crippen LogP contribution < -0.4 is 5.32 Å². The molecule has 0 fully saturated rings. The van der Waals surface area contributed by atoms with Gasteiger partial charge in [-0.05, 0) is 42.3 Å². The Balaban J connectivity index is 2.15. The third kappa shape index (κ3) is 4.14. The van der Waals surface area contributed by atoms with E-state index in [0.717, 1.165) is 17.2 Å². The smallest absolute Gasteiger partial charge is 0.381 e. The van der Waals surface area contributed by atoms with Crippen LogP contribution >= 0.6 is 27.5 Å². The monoisotopic (exact) mass is 377 g/mol. The number of benzene rings is 2. The minimum atomic E-state index is -4.39. The van der Waals surface area contributed by atoms with Crippen LogP contribution in [-0.4, -0.2) is 0 Å². The minimum absolute atomic E-state index is 0.0268. The minimum Gasteiger partial charge on any atom is -0.381 e. The first-order valence-corrected chi connectivity index (χ1v) is 7.30. The SMILES string of the molecule is Cc1ccc(CNc2ccc(Br)c(C(F)(F)F)c2)cc1Cl. The van der Waals surface area contributed by atoms with Crippen LogP contribution in [0.2, 0.25) is 5.02 Å². The summed E-state index contributed by atoms with van der Waals surface area (Å²) in [6.45, 7) is 2.29. The molecule has 0 saturated carbocycles. The van der Waals surface area contributed by atoms with Gasteiger partial charge in [0.25, 0.3) is 0 Å². The first kappa shape index (κ1) is 16.2. The molecule has 0 bridgehead atoms. The van der Waals surface area contributed by atoms with Crippen LogP contribution in [-0.2, 0) is 12.7 Å². The molecule has 0 radical (unpaired) electrons. The van der Waals surface area contributed by atoms with Crippen LogP contribution in [0.3, 0.4) is 0 Å². The summed E-state index contributed by atoms with van der Waals surface area (Å²) in [6.07, 6.45) is -4.39. The molecule has 0 amide bonds. The number of halogens is 5. The van der Waals surface area contributed by atoms with E-state index in [1.54, 1.807) is 12.1 Å². The molecule has 1 nitrogen and oxygen atoms in total. The van der Waals surface area contributed by atoms with Gasteiger partial charge in [-0.25, -0.2) is 0 Å². The number of anilines is 1. The average molecular weight is 379 g/mol. The van der Waals surface area contributed by atoms with Crippen molar-refractivity contribution in [2.45, 2.75) is 19.6 Å². The van der Waals surface area contributed by atoms with Crippen molar-refractivity contribution < 1.29 is 13.2 Å². The number of aryl methyl sites for hydroxylation is 1. The van der Waals surface area contributed by atoms with Crippen LogP contribution in [0, 0.1) is 6.92 Å². The highest BCUT2D eigenvalue weighted by molar-refractivity contribution is 9.10. The summed E-state index contributed by atoms with van der Waals surface area (Å²) < 4.78 is 38.5. The Labute approximate surface area is 134 Å². The zero-order chi connectivity index (χ0) is 15.6. The fraction of sp³-hybridized carbons (Fsp3) is 0.200. The largest absolute Gasteiger partial charge is 0.417 e. The van der Waals surface area contributed by atoms with Gasteiger partial charge in [-0.2, -0.15) is 13.2 Å². The maximum absolute atomic E-state index is 12.8. The van der Waals surface area contributed by atoms with E-state index in [0.29, 0.717) is 17.3 Å². The normalized spacial score (nSPS) is 11.5. The summed E-state index contributed by atoms with van der Waals surface area (Å²) in [6, 6.07) is 9.62. The molecule has 0 aliphatic rings. The van der Waals surface area contributed by atoms with Crippen molar-refractivity contribution in [2.75, 3.05) is 5.32 Å². The number of rotatable bonds is 3.